The van der Waals surface area contributed by atoms with Crippen LogP contribution < -0.4 is 5.73 Å². The number of aromatic nitrogens is 5. The first-order valence-electron chi connectivity index (χ1n) is 3.90. The minimum Gasteiger partial charge on any atom is -0.324 e. The summed E-state index contributed by atoms with van der Waals surface area (Å²) < 4.78 is 1.98. The quantitative estimate of drug-likeness (QED) is 0.833. The van der Waals surface area contributed by atoms with Gasteiger partial charge in [-0.1, -0.05) is 0 Å². The second-order valence-corrected chi connectivity index (χ2v) is 3.17. The molecule has 6 nitrogen and oxygen atoms in total. The number of hydrogen-bond donors (Lipinski definition) is 1. The smallest absolute Gasteiger partial charge is 0.252 e. The molecule has 2 rings (SSSR count). The number of nitrogens with zero attached hydrogens (tertiary/aromatic N) is 5. The Morgan fingerprint density at radius 2 is 2.07 bits per heavy atom. The predicted molar refractivity (Wildman–Crippen MR) is 52.5 cm³/mol. The van der Waals surface area contributed by atoms with Crippen LogP contribution in [0.1, 0.15) is 5.82 Å². The van der Waals surface area contributed by atoms with Crippen LogP contribution in [-0.2, 0) is 6.54 Å². The molecular formula is C7H7BrN6. The van der Waals surface area contributed by atoms with Gasteiger partial charge in [0, 0.05) is 12.4 Å². The van der Waals surface area contributed by atoms with E-state index < -0.39 is 0 Å². The Morgan fingerprint density at radius 3 is 2.71 bits per heavy atom. The van der Waals surface area contributed by atoms with Crippen LogP contribution in [0.25, 0.3) is 5.95 Å². The van der Waals surface area contributed by atoms with Gasteiger partial charge < -0.3 is 5.73 Å². The molecule has 0 unspecified atom stereocenters. The van der Waals surface area contributed by atoms with Crippen LogP contribution in [0.2, 0.25) is 0 Å². The molecule has 7 heteroatoms. The number of halogens is 1. The van der Waals surface area contributed by atoms with Crippen molar-refractivity contribution in [2.45, 2.75) is 6.54 Å². The highest BCUT2D eigenvalue weighted by Crippen LogP contribution is 2.07. The topological polar surface area (TPSA) is 82.5 Å². The van der Waals surface area contributed by atoms with E-state index in [-0.39, 0.29) is 6.54 Å². The fourth-order valence-corrected chi connectivity index (χ4v) is 1.37. The van der Waals surface area contributed by atoms with Gasteiger partial charge in [0.25, 0.3) is 5.95 Å². The maximum Gasteiger partial charge on any atom is 0.252 e. The lowest BCUT2D eigenvalue weighted by molar-refractivity contribution is 0.741. The van der Waals surface area contributed by atoms with E-state index in [2.05, 4.69) is 36.0 Å². The fraction of sp³-hybridized carbons (Fsp3) is 0.143. The molecule has 14 heavy (non-hydrogen) atoms. The SMILES string of the molecule is NCc1nc(Br)nn1-c1ncccn1. The van der Waals surface area contributed by atoms with E-state index in [1.54, 1.807) is 18.5 Å². The van der Waals surface area contributed by atoms with Gasteiger partial charge in [-0.25, -0.2) is 15.0 Å². The van der Waals surface area contributed by atoms with E-state index in [0.29, 0.717) is 16.5 Å². The summed E-state index contributed by atoms with van der Waals surface area (Å²) in [6.45, 7) is 0.289. The van der Waals surface area contributed by atoms with E-state index in [9.17, 15) is 0 Å². The van der Waals surface area contributed by atoms with Crippen molar-refractivity contribution in [3.63, 3.8) is 0 Å². The molecule has 0 amide bonds. The molecule has 0 radical (unpaired) electrons. The van der Waals surface area contributed by atoms with E-state index in [1.807, 2.05) is 0 Å². The van der Waals surface area contributed by atoms with E-state index in [4.69, 9.17) is 5.73 Å². The number of hydrogen-bond acceptors (Lipinski definition) is 5. The summed E-state index contributed by atoms with van der Waals surface area (Å²) in [5.41, 5.74) is 5.50. The van der Waals surface area contributed by atoms with Gasteiger partial charge in [-0.2, -0.15) is 4.68 Å². The lowest BCUT2D eigenvalue weighted by Gasteiger charge is -1.99. The van der Waals surface area contributed by atoms with Crippen LogP contribution in [0.4, 0.5) is 0 Å². The Labute approximate surface area is 88.3 Å². The largest absolute Gasteiger partial charge is 0.324 e. The summed E-state index contributed by atoms with van der Waals surface area (Å²) in [6, 6.07) is 1.73. The highest BCUT2D eigenvalue weighted by molar-refractivity contribution is 9.10. The highest BCUT2D eigenvalue weighted by Gasteiger charge is 2.09. The monoisotopic (exact) mass is 254 g/mol. The normalized spacial score (nSPS) is 10.4. The zero-order chi connectivity index (χ0) is 9.97. The standard InChI is InChI=1S/C7H7BrN6/c8-6-12-5(4-9)14(13-6)7-10-2-1-3-11-7/h1-3H,4,9H2. The summed E-state index contributed by atoms with van der Waals surface area (Å²) in [4.78, 5) is 12.2. The predicted octanol–water partition coefficient (Wildman–Crippen LogP) is 0.279. The van der Waals surface area contributed by atoms with Crippen molar-refractivity contribution in [2.24, 2.45) is 5.73 Å². The van der Waals surface area contributed by atoms with Crippen molar-refractivity contribution in [3.8, 4) is 5.95 Å². The van der Waals surface area contributed by atoms with Gasteiger partial charge >= 0.3 is 0 Å². The molecule has 0 fully saturated rings. The van der Waals surface area contributed by atoms with Crippen LogP contribution in [0.5, 0.6) is 0 Å². The van der Waals surface area contributed by atoms with Gasteiger partial charge in [0.05, 0.1) is 6.54 Å². The minimum absolute atomic E-state index is 0.289. The summed E-state index contributed by atoms with van der Waals surface area (Å²) in [6.07, 6.45) is 3.27. The molecule has 0 bridgehead atoms. The Balaban J connectivity index is 2.51. The van der Waals surface area contributed by atoms with Gasteiger partial charge in [-0.15, -0.1) is 5.10 Å². The Hall–Kier alpha value is -1.34. The second kappa shape index (κ2) is 3.81. The molecule has 0 saturated heterocycles. The second-order valence-electron chi connectivity index (χ2n) is 2.46. The molecule has 72 valence electrons. The zero-order valence-electron chi connectivity index (χ0n) is 7.13. The number of rotatable bonds is 2. The first kappa shape index (κ1) is 9.22. The number of nitrogens with two attached hydrogens (primary N) is 1. The van der Waals surface area contributed by atoms with Crippen LogP contribution in [0.3, 0.4) is 0 Å². The van der Waals surface area contributed by atoms with Crippen LogP contribution in [-0.4, -0.2) is 24.7 Å². The van der Waals surface area contributed by atoms with Gasteiger partial charge in [0.2, 0.25) is 4.73 Å². The molecule has 0 aliphatic carbocycles. The Kier molecular flexibility index (Phi) is 2.51. The first-order valence-corrected chi connectivity index (χ1v) is 4.69. The average molecular weight is 255 g/mol. The van der Waals surface area contributed by atoms with Crippen molar-refractivity contribution < 1.29 is 0 Å². The average Bonchev–Trinajstić information content (AvgIpc) is 2.61. The molecule has 0 aliphatic heterocycles. The maximum atomic E-state index is 5.50. The lowest BCUT2D eigenvalue weighted by Crippen LogP contribution is -2.10. The van der Waals surface area contributed by atoms with Crippen LogP contribution >= 0.6 is 15.9 Å². The van der Waals surface area contributed by atoms with Gasteiger partial charge in [-0.3, -0.25) is 0 Å². The highest BCUT2D eigenvalue weighted by atomic mass is 79.9. The molecule has 2 aromatic heterocycles. The third-order valence-corrected chi connectivity index (χ3v) is 1.91. The van der Waals surface area contributed by atoms with Crippen molar-refractivity contribution in [1.29, 1.82) is 0 Å². The molecule has 2 aromatic rings. The van der Waals surface area contributed by atoms with Crippen molar-refractivity contribution >= 4 is 15.9 Å². The molecule has 0 aromatic carbocycles. The van der Waals surface area contributed by atoms with Crippen molar-refractivity contribution in [2.75, 3.05) is 0 Å². The molecule has 0 spiro atoms. The summed E-state index contributed by atoms with van der Waals surface area (Å²) in [7, 11) is 0. The summed E-state index contributed by atoms with van der Waals surface area (Å²) in [5, 5.41) is 4.07. The van der Waals surface area contributed by atoms with Crippen molar-refractivity contribution in [3.05, 3.63) is 29.0 Å². The molecule has 0 saturated carbocycles. The summed E-state index contributed by atoms with van der Waals surface area (Å²) in [5.74, 6) is 1.08. The zero-order valence-corrected chi connectivity index (χ0v) is 8.72. The molecular weight excluding hydrogens is 248 g/mol. The van der Waals surface area contributed by atoms with E-state index in [0.717, 1.165) is 0 Å². The first-order chi connectivity index (χ1) is 6.81. The van der Waals surface area contributed by atoms with Crippen LogP contribution in [0, 0.1) is 0 Å². The third kappa shape index (κ3) is 1.64. The Bertz CT molecular complexity index is 425. The van der Waals surface area contributed by atoms with Crippen molar-refractivity contribution in [1.82, 2.24) is 24.7 Å². The Morgan fingerprint density at radius 1 is 1.36 bits per heavy atom. The third-order valence-electron chi connectivity index (χ3n) is 1.57. The molecule has 0 aliphatic rings. The molecule has 2 heterocycles. The van der Waals surface area contributed by atoms with E-state index in [1.165, 1.54) is 4.68 Å². The summed E-state index contributed by atoms with van der Waals surface area (Å²) >= 11 is 3.17. The lowest BCUT2D eigenvalue weighted by atomic mass is 10.6. The molecule has 0 atom stereocenters. The van der Waals surface area contributed by atoms with Crippen LogP contribution in [0.15, 0.2) is 23.2 Å². The molecule has 2 N–H and O–H groups in total. The maximum absolute atomic E-state index is 5.50. The fourth-order valence-electron chi connectivity index (χ4n) is 1.01. The van der Waals surface area contributed by atoms with Gasteiger partial charge in [0.1, 0.15) is 0 Å². The minimum atomic E-state index is 0.289. The van der Waals surface area contributed by atoms with Gasteiger partial charge in [0.15, 0.2) is 5.82 Å². The van der Waals surface area contributed by atoms with Gasteiger partial charge in [-0.05, 0) is 22.0 Å². The van der Waals surface area contributed by atoms with E-state index >= 15 is 0 Å².